The molecule has 0 heterocycles. The van der Waals surface area contributed by atoms with Crippen molar-refractivity contribution in [3.8, 4) is 11.5 Å². The molecule has 0 amide bonds. The van der Waals surface area contributed by atoms with Crippen LogP contribution in [0.1, 0.15) is 12.5 Å². The molecule has 0 aliphatic carbocycles. The van der Waals surface area contributed by atoms with Gasteiger partial charge in [0.25, 0.3) is 5.69 Å². The normalized spacial score (nSPS) is 10.1. The van der Waals surface area contributed by atoms with E-state index >= 15 is 0 Å². The van der Waals surface area contributed by atoms with E-state index in [2.05, 4.69) is 5.32 Å². The molecule has 0 saturated carbocycles. The third kappa shape index (κ3) is 3.47. The van der Waals surface area contributed by atoms with Gasteiger partial charge in [-0.15, -0.1) is 0 Å². The van der Waals surface area contributed by atoms with E-state index in [1.165, 1.54) is 12.1 Å². The highest BCUT2D eigenvalue weighted by Gasteiger charge is 2.11. The van der Waals surface area contributed by atoms with E-state index in [1.807, 2.05) is 38.1 Å². The highest BCUT2D eigenvalue weighted by atomic mass is 16.6. The van der Waals surface area contributed by atoms with Crippen LogP contribution in [-0.4, -0.2) is 11.5 Å². The van der Waals surface area contributed by atoms with E-state index < -0.39 is 4.92 Å². The maximum atomic E-state index is 10.9. The average molecular weight is 272 g/mol. The van der Waals surface area contributed by atoms with Crippen LogP contribution in [0.15, 0.2) is 42.5 Å². The second kappa shape index (κ2) is 6.06. The number of nitrogens with zero attached hydrogens (tertiary/aromatic N) is 1. The van der Waals surface area contributed by atoms with Gasteiger partial charge in [-0.05, 0) is 31.5 Å². The molecule has 1 N–H and O–H groups in total. The van der Waals surface area contributed by atoms with Crippen LogP contribution < -0.4 is 10.1 Å². The summed E-state index contributed by atoms with van der Waals surface area (Å²) in [6, 6.07) is 12.2. The number of ether oxygens (including phenoxy) is 1. The third-order valence-electron chi connectivity index (χ3n) is 2.71. The Morgan fingerprint density at radius 2 is 2.00 bits per heavy atom. The smallest absolute Gasteiger partial charge is 0.275 e. The summed E-state index contributed by atoms with van der Waals surface area (Å²) in [5, 5.41) is 14.0. The van der Waals surface area contributed by atoms with Gasteiger partial charge in [-0.2, -0.15) is 0 Å². The van der Waals surface area contributed by atoms with E-state index in [4.69, 9.17) is 4.74 Å². The Kier molecular flexibility index (Phi) is 4.20. The topological polar surface area (TPSA) is 64.4 Å². The Morgan fingerprint density at radius 1 is 1.20 bits per heavy atom. The minimum atomic E-state index is -0.427. The van der Waals surface area contributed by atoms with Crippen molar-refractivity contribution < 1.29 is 9.66 Å². The molecule has 0 saturated heterocycles. The lowest BCUT2D eigenvalue weighted by molar-refractivity contribution is -0.384. The predicted octanol–water partition coefficient (Wildman–Crippen LogP) is 4.13. The zero-order chi connectivity index (χ0) is 14.5. The molecule has 0 bridgehead atoms. The summed E-state index contributed by atoms with van der Waals surface area (Å²) in [5.41, 5.74) is 1.75. The summed E-state index contributed by atoms with van der Waals surface area (Å²) >= 11 is 0. The van der Waals surface area contributed by atoms with Crippen LogP contribution in [-0.2, 0) is 0 Å². The van der Waals surface area contributed by atoms with Crippen LogP contribution >= 0.6 is 0 Å². The van der Waals surface area contributed by atoms with Crippen molar-refractivity contribution in [2.75, 3.05) is 11.9 Å². The van der Waals surface area contributed by atoms with E-state index in [0.717, 1.165) is 5.56 Å². The monoisotopic (exact) mass is 272 g/mol. The second-order valence-corrected chi connectivity index (χ2v) is 4.42. The zero-order valence-corrected chi connectivity index (χ0v) is 11.4. The molecule has 0 aliphatic heterocycles. The van der Waals surface area contributed by atoms with E-state index in [9.17, 15) is 10.1 Å². The molecule has 0 atom stereocenters. The summed E-state index contributed by atoms with van der Waals surface area (Å²) in [7, 11) is 0. The van der Waals surface area contributed by atoms with Crippen LogP contribution in [0.2, 0.25) is 0 Å². The Balaban J connectivity index is 2.32. The number of nitrogens with one attached hydrogen (secondary N) is 1. The fraction of sp³-hybridized carbons (Fsp3) is 0.200. The van der Waals surface area contributed by atoms with Crippen LogP contribution in [0.25, 0.3) is 0 Å². The second-order valence-electron chi connectivity index (χ2n) is 4.42. The van der Waals surface area contributed by atoms with Crippen LogP contribution in [0.4, 0.5) is 11.4 Å². The van der Waals surface area contributed by atoms with Crippen LogP contribution in [0.5, 0.6) is 11.5 Å². The van der Waals surface area contributed by atoms with Crippen molar-refractivity contribution in [3.63, 3.8) is 0 Å². The van der Waals surface area contributed by atoms with Crippen molar-refractivity contribution in [1.82, 2.24) is 0 Å². The number of aryl methyl sites for hydroxylation is 1. The molecule has 0 unspecified atom stereocenters. The molecule has 20 heavy (non-hydrogen) atoms. The summed E-state index contributed by atoms with van der Waals surface area (Å²) < 4.78 is 5.69. The fourth-order valence-corrected chi connectivity index (χ4v) is 1.87. The summed E-state index contributed by atoms with van der Waals surface area (Å²) in [6.07, 6.45) is 0. The number of non-ortho nitro benzene ring substituents is 1. The molecule has 0 radical (unpaired) electrons. The first-order valence-electron chi connectivity index (χ1n) is 6.36. The first kappa shape index (κ1) is 13.9. The third-order valence-corrected chi connectivity index (χ3v) is 2.71. The fourth-order valence-electron chi connectivity index (χ4n) is 1.87. The van der Waals surface area contributed by atoms with Crippen molar-refractivity contribution in [3.05, 3.63) is 58.1 Å². The SMILES string of the molecule is CCNc1cc(Oc2cccc(C)c2)cc([N+](=O)[O-])c1. The average Bonchev–Trinajstić information content (AvgIpc) is 2.38. The van der Waals surface area contributed by atoms with Crippen molar-refractivity contribution in [2.24, 2.45) is 0 Å². The van der Waals surface area contributed by atoms with E-state index in [0.29, 0.717) is 23.7 Å². The van der Waals surface area contributed by atoms with Gasteiger partial charge in [-0.3, -0.25) is 10.1 Å². The summed E-state index contributed by atoms with van der Waals surface area (Å²) in [6.45, 7) is 4.58. The molecule has 0 aliphatic rings. The van der Waals surface area contributed by atoms with Crippen molar-refractivity contribution >= 4 is 11.4 Å². The van der Waals surface area contributed by atoms with Gasteiger partial charge < -0.3 is 10.1 Å². The Bertz CT molecular complexity index is 626. The Hall–Kier alpha value is -2.56. The number of nitro groups is 1. The molecular formula is C15H16N2O3. The summed E-state index contributed by atoms with van der Waals surface area (Å²) in [4.78, 5) is 10.5. The lowest BCUT2D eigenvalue weighted by Crippen LogP contribution is -1.98. The zero-order valence-electron chi connectivity index (χ0n) is 11.4. The van der Waals surface area contributed by atoms with Gasteiger partial charge in [-0.25, -0.2) is 0 Å². The molecule has 2 aromatic rings. The van der Waals surface area contributed by atoms with Gasteiger partial charge in [0.2, 0.25) is 0 Å². The lowest BCUT2D eigenvalue weighted by atomic mass is 10.2. The van der Waals surface area contributed by atoms with Crippen molar-refractivity contribution in [2.45, 2.75) is 13.8 Å². The maximum Gasteiger partial charge on any atom is 0.275 e. The van der Waals surface area contributed by atoms with Gasteiger partial charge in [0.15, 0.2) is 0 Å². The standard InChI is InChI=1S/C15H16N2O3/c1-3-16-12-8-13(17(18)19)10-15(9-12)20-14-6-4-5-11(2)7-14/h4-10,16H,3H2,1-2H3. The molecule has 5 nitrogen and oxygen atoms in total. The van der Waals surface area contributed by atoms with Gasteiger partial charge >= 0.3 is 0 Å². The largest absolute Gasteiger partial charge is 0.457 e. The quantitative estimate of drug-likeness (QED) is 0.656. The molecule has 5 heteroatoms. The Labute approximate surface area is 117 Å². The van der Waals surface area contributed by atoms with Crippen molar-refractivity contribution in [1.29, 1.82) is 0 Å². The van der Waals surface area contributed by atoms with Gasteiger partial charge in [0, 0.05) is 24.4 Å². The maximum absolute atomic E-state index is 10.9. The minimum absolute atomic E-state index is 0.00565. The summed E-state index contributed by atoms with van der Waals surface area (Å²) in [5.74, 6) is 1.11. The molecule has 0 aromatic heterocycles. The first-order chi connectivity index (χ1) is 9.58. The lowest BCUT2D eigenvalue weighted by Gasteiger charge is -2.09. The molecule has 0 fully saturated rings. The molecule has 0 spiro atoms. The van der Waals surface area contributed by atoms with Gasteiger partial charge in [0.1, 0.15) is 11.5 Å². The number of benzene rings is 2. The number of hydrogen-bond donors (Lipinski definition) is 1. The number of hydrogen-bond acceptors (Lipinski definition) is 4. The molecule has 2 rings (SSSR count). The Morgan fingerprint density at radius 3 is 2.65 bits per heavy atom. The molecule has 104 valence electrons. The molecule has 2 aromatic carbocycles. The first-order valence-corrected chi connectivity index (χ1v) is 6.36. The number of anilines is 1. The predicted molar refractivity (Wildman–Crippen MR) is 78.5 cm³/mol. The van der Waals surface area contributed by atoms with Crippen LogP contribution in [0.3, 0.4) is 0 Å². The van der Waals surface area contributed by atoms with Crippen LogP contribution in [0, 0.1) is 17.0 Å². The minimum Gasteiger partial charge on any atom is -0.457 e. The highest BCUT2D eigenvalue weighted by Crippen LogP contribution is 2.29. The van der Waals surface area contributed by atoms with Gasteiger partial charge in [0.05, 0.1) is 11.0 Å². The van der Waals surface area contributed by atoms with E-state index in [1.54, 1.807) is 6.07 Å². The number of rotatable bonds is 5. The van der Waals surface area contributed by atoms with E-state index in [-0.39, 0.29) is 5.69 Å². The number of nitro benzene ring substituents is 1. The van der Waals surface area contributed by atoms with Gasteiger partial charge in [-0.1, -0.05) is 12.1 Å². The highest BCUT2D eigenvalue weighted by molar-refractivity contribution is 5.57. The molecular weight excluding hydrogens is 256 g/mol.